The van der Waals surface area contributed by atoms with Crippen LogP contribution in [0.3, 0.4) is 0 Å². The number of ether oxygens (including phenoxy) is 1. The molecule has 0 saturated heterocycles. The lowest BCUT2D eigenvalue weighted by molar-refractivity contribution is 0.0211. The van der Waals surface area contributed by atoms with E-state index in [1.165, 1.54) is 18.4 Å². The van der Waals surface area contributed by atoms with Gasteiger partial charge in [-0.15, -0.1) is 0 Å². The third-order valence-corrected chi connectivity index (χ3v) is 3.43. The standard InChI is InChI=1S/C13H23N3O/c1-4-17-13(11-5-6-11)12(14-2)7-10-8-15-16(3)9-10/h8-9,11-14H,4-7H2,1-3H3. The van der Waals surface area contributed by atoms with E-state index < -0.39 is 0 Å². The zero-order valence-corrected chi connectivity index (χ0v) is 11.0. The van der Waals surface area contributed by atoms with Gasteiger partial charge in [-0.2, -0.15) is 5.10 Å². The van der Waals surface area contributed by atoms with E-state index in [9.17, 15) is 0 Å². The van der Waals surface area contributed by atoms with Crippen molar-refractivity contribution in [3.8, 4) is 0 Å². The Bertz CT molecular complexity index is 346. The monoisotopic (exact) mass is 237 g/mol. The Morgan fingerprint density at radius 2 is 2.35 bits per heavy atom. The molecule has 2 rings (SSSR count). The molecule has 1 aromatic heterocycles. The molecule has 96 valence electrons. The van der Waals surface area contributed by atoms with Gasteiger partial charge in [-0.05, 0) is 44.7 Å². The second-order valence-corrected chi connectivity index (χ2v) is 4.88. The lowest BCUT2D eigenvalue weighted by atomic mass is 10.00. The van der Waals surface area contributed by atoms with Crippen molar-refractivity contribution < 1.29 is 4.74 Å². The largest absolute Gasteiger partial charge is 0.377 e. The number of likely N-dealkylation sites (N-methyl/N-ethyl adjacent to an activating group) is 1. The van der Waals surface area contributed by atoms with Crippen LogP contribution in [-0.4, -0.2) is 35.6 Å². The van der Waals surface area contributed by atoms with Crippen molar-refractivity contribution in [2.75, 3.05) is 13.7 Å². The zero-order chi connectivity index (χ0) is 12.3. The van der Waals surface area contributed by atoms with Crippen molar-refractivity contribution in [3.63, 3.8) is 0 Å². The zero-order valence-electron chi connectivity index (χ0n) is 11.0. The van der Waals surface area contributed by atoms with Crippen molar-refractivity contribution in [1.29, 1.82) is 0 Å². The van der Waals surface area contributed by atoms with Crippen molar-refractivity contribution in [2.24, 2.45) is 13.0 Å². The van der Waals surface area contributed by atoms with Gasteiger partial charge in [-0.3, -0.25) is 4.68 Å². The molecule has 1 N–H and O–H groups in total. The highest BCUT2D eigenvalue weighted by Gasteiger charge is 2.36. The Morgan fingerprint density at radius 3 is 2.82 bits per heavy atom. The molecule has 1 aliphatic rings. The Kier molecular flexibility index (Phi) is 4.18. The summed E-state index contributed by atoms with van der Waals surface area (Å²) >= 11 is 0. The third kappa shape index (κ3) is 3.30. The molecule has 1 heterocycles. The molecule has 4 nitrogen and oxygen atoms in total. The first-order chi connectivity index (χ1) is 8.24. The summed E-state index contributed by atoms with van der Waals surface area (Å²) in [6.45, 7) is 2.87. The minimum atomic E-state index is 0.352. The first-order valence-electron chi connectivity index (χ1n) is 6.51. The van der Waals surface area contributed by atoms with Crippen LogP contribution in [0.4, 0.5) is 0 Å². The van der Waals surface area contributed by atoms with Crippen LogP contribution in [-0.2, 0) is 18.2 Å². The highest BCUT2D eigenvalue weighted by Crippen LogP contribution is 2.36. The van der Waals surface area contributed by atoms with Gasteiger partial charge in [0.25, 0.3) is 0 Å². The quantitative estimate of drug-likeness (QED) is 0.778. The van der Waals surface area contributed by atoms with Crippen LogP contribution in [0.25, 0.3) is 0 Å². The summed E-state index contributed by atoms with van der Waals surface area (Å²) in [6.07, 6.45) is 8.00. The average Bonchev–Trinajstić information content (AvgIpc) is 3.07. The van der Waals surface area contributed by atoms with E-state index in [-0.39, 0.29) is 0 Å². The molecule has 2 unspecified atom stereocenters. The lowest BCUT2D eigenvalue weighted by Crippen LogP contribution is -2.42. The van der Waals surface area contributed by atoms with Gasteiger partial charge in [0.15, 0.2) is 0 Å². The minimum absolute atomic E-state index is 0.352. The van der Waals surface area contributed by atoms with Crippen LogP contribution in [0.1, 0.15) is 25.3 Å². The van der Waals surface area contributed by atoms with E-state index in [0.29, 0.717) is 12.1 Å². The number of aryl methyl sites for hydroxylation is 1. The fourth-order valence-corrected chi connectivity index (χ4v) is 2.41. The van der Waals surface area contributed by atoms with Gasteiger partial charge in [0.05, 0.1) is 12.3 Å². The minimum Gasteiger partial charge on any atom is -0.377 e. The van der Waals surface area contributed by atoms with E-state index in [2.05, 4.69) is 23.5 Å². The topological polar surface area (TPSA) is 39.1 Å². The Balaban J connectivity index is 1.98. The molecular weight excluding hydrogens is 214 g/mol. The summed E-state index contributed by atoms with van der Waals surface area (Å²) < 4.78 is 7.76. The summed E-state index contributed by atoms with van der Waals surface area (Å²) in [5.41, 5.74) is 1.28. The summed E-state index contributed by atoms with van der Waals surface area (Å²) in [4.78, 5) is 0. The maximum absolute atomic E-state index is 5.91. The molecule has 0 radical (unpaired) electrons. The molecule has 2 atom stereocenters. The summed E-state index contributed by atoms with van der Waals surface area (Å²) in [6, 6.07) is 0.395. The Morgan fingerprint density at radius 1 is 1.59 bits per heavy atom. The van der Waals surface area contributed by atoms with Crippen molar-refractivity contribution in [3.05, 3.63) is 18.0 Å². The molecule has 0 bridgehead atoms. The molecule has 0 spiro atoms. The molecule has 1 fully saturated rings. The van der Waals surface area contributed by atoms with Gasteiger partial charge in [-0.1, -0.05) is 0 Å². The number of rotatable bonds is 7. The second-order valence-electron chi connectivity index (χ2n) is 4.88. The fraction of sp³-hybridized carbons (Fsp3) is 0.769. The van der Waals surface area contributed by atoms with E-state index in [1.807, 2.05) is 25.0 Å². The first kappa shape index (κ1) is 12.6. The van der Waals surface area contributed by atoms with Gasteiger partial charge in [0, 0.05) is 25.9 Å². The summed E-state index contributed by atoms with van der Waals surface area (Å²) in [5.74, 6) is 0.754. The lowest BCUT2D eigenvalue weighted by Gasteiger charge is -2.26. The third-order valence-electron chi connectivity index (χ3n) is 3.43. The van der Waals surface area contributed by atoms with Crippen molar-refractivity contribution in [1.82, 2.24) is 15.1 Å². The smallest absolute Gasteiger partial charge is 0.0759 e. The van der Waals surface area contributed by atoms with Gasteiger partial charge in [0.2, 0.25) is 0 Å². The van der Waals surface area contributed by atoms with Crippen LogP contribution >= 0.6 is 0 Å². The molecule has 1 aliphatic carbocycles. The summed E-state index contributed by atoms with van der Waals surface area (Å²) in [5, 5.41) is 7.62. The van der Waals surface area contributed by atoms with Gasteiger partial charge < -0.3 is 10.1 Å². The molecule has 1 saturated carbocycles. The van der Waals surface area contributed by atoms with Crippen LogP contribution in [0, 0.1) is 5.92 Å². The van der Waals surface area contributed by atoms with Gasteiger partial charge in [0.1, 0.15) is 0 Å². The van der Waals surface area contributed by atoms with Crippen molar-refractivity contribution >= 4 is 0 Å². The number of hydrogen-bond donors (Lipinski definition) is 1. The van der Waals surface area contributed by atoms with E-state index in [0.717, 1.165) is 18.9 Å². The predicted octanol–water partition coefficient (Wildman–Crippen LogP) is 1.37. The van der Waals surface area contributed by atoms with Crippen molar-refractivity contribution in [2.45, 2.75) is 38.3 Å². The van der Waals surface area contributed by atoms with Gasteiger partial charge >= 0.3 is 0 Å². The first-order valence-corrected chi connectivity index (χ1v) is 6.51. The molecule has 1 aromatic rings. The van der Waals surface area contributed by atoms with Gasteiger partial charge in [-0.25, -0.2) is 0 Å². The van der Waals surface area contributed by atoms with Crippen LogP contribution in [0.5, 0.6) is 0 Å². The number of nitrogens with zero attached hydrogens (tertiary/aromatic N) is 2. The molecule has 4 heteroatoms. The maximum atomic E-state index is 5.91. The van der Waals surface area contributed by atoms with E-state index in [4.69, 9.17) is 4.74 Å². The summed E-state index contributed by atoms with van der Waals surface area (Å²) in [7, 11) is 3.98. The van der Waals surface area contributed by atoms with Crippen LogP contribution in [0.15, 0.2) is 12.4 Å². The molecule has 0 aliphatic heterocycles. The Hall–Kier alpha value is -0.870. The fourth-order valence-electron chi connectivity index (χ4n) is 2.41. The highest BCUT2D eigenvalue weighted by molar-refractivity contribution is 5.08. The molecular formula is C13H23N3O. The maximum Gasteiger partial charge on any atom is 0.0759 e. The van der Waals surface area contributed by atoms with Crippen LogP contribution < -0.4 is 5.32 Å². The number of aromatic nitrogens is 2. The predicted molar refractivity (Wildman–Crippen MR) is 67.9 cm³/mol. The molecule has 17 heavy (non-hydrogen) atoms. The van der Waals surface area contributed by atoms with Crippen LogP contribution in [0.2, 0.25) is 0 Å². The number of nitrogens with one attached hydrogen (secondary N) is 1. The second kappa shape index (κ2) is 5.65. The molecule has 0 amide bonds. The Labute approximate surface area is 103 Å². The average molecular weight is 237 g/mol. The van der Waals surface area contributed by atoms with E-state index in [1.54, 1.807) is 0 Å². The SMILES string of the molecule is CCOC(C1CC1)C(Cc1cnn(C)c1)NC. The molecule has 0 aromatic carbocycles. The number of hydrogen-bond acceptors (Lipinski definition) is 3. The normalized spacial score (nSPS) is 19.2. The highest BCUT2D eigenvalue weighted by atomic mass is 16.5. The van der Waals surface area contributed by atoms with E-state index >= 15 is 0 Å².